The number of esters is 3. The summed E-state index contributed by atoms with van der Waals surface area (Å²) in [6.07, 6.45) is 1.80. The van der Waals surface area contributed by atoms with Gasteiger partial charge in [0.2, 0.25) is 0 Å². The fraction of sp³-hybridized carbons (Fsp3) is 0.444. The summed E-state index contributed by atoms with van der Waals surface area (Å²) in [5, 5.41) is 0. The summed E-state index contributed by atoms with van der Waals surface area (Å²) < 4.78 is 13.2. The third kappa shape index (κ3) is 7.24. The van der Waals surface area contributed by atoms with Crippen LogP contribution in [0.2, 0.25) is 0 Å². The molecule has 0 saturated heterocycles. The molecule has 15 heavy (non-hydrogen) atoms. The number of carbonyl (C=O) groups excluding carboxylic acids is 3. The number of carbonyl (C=O) groups is 3. The number of rotatable bonds is 5. The molecule has 0 bridgehead atoms. The zero-order valence-electron chi connectivity index (χ0n) is 8.52. The standard InChI is InChI=1S/C9H12O6/c1-3-14-7(10)4-5-8(11)15-6-9(12)13-2/h4-5H,3,6H2,1-2H3/b5-4-. The molecule has 0 radical (unpaired) electrons. The van der Waals surface area contributed by atoms with Crippen molar-refractivity contribution in [1.82, 2.24) is 0 Å². The van der Waals surface area contributed by atoms with Gasteiger partial charge in [-0.2, -0.15) is 0 Å². The topological polar surface area (TPSA) is 78.9 Å². The molecule has 0 aliphatic carbocycles. The minimum absolute atomic E-state index is 0.223. The van der Waals surface area contributed by atoms with Crippen LogP contribution in [0.5, 0.6) is 0 Å². The van der Waals surface area contributed by atoms with Gasteiger partial charge < -0.3 is 14.2 Å². The van der Waals surface area contributed by atoms with Gasteiger partial charge in [0.05, 0.1) is 13.7 Å². The Kier molecular flexibility index (Phi) is 6.61. The molecule has 0 amide bonds. The van der Waals surface area contributed by atoms with Crippen LogP contribution in [-0.2, 0) is 28.6 Å². The van der Waals surface area contributed by atoms with Crippen molar-refractivity contribution >= 4 is 17.9 Å². The molecule has 0 saturated carbocycles. The van der Waals surface area contributed by atoms with Gasteiger partial charge in [0.1, 0.15) is 0 Å². The molecule has 6 heteroatoms. The van der Waals surface area contributed by atoms with Gasteiger partial charge in [-0.25, -0.2) is 14.4 Å². The van der Waals surface area contributed by atoms with E-state index >= 15 is 0 Å². The van der Waals surface area contributed by atoms with E-state index in [1.165, 1.54) is 7.11 Å². The molecule has 0 aromatic carbocycles. The average Bonchev–Trinajstić information content (AvgIpc) is 2.23. The second-order valence-electron chi connectivity index (χ2n) is 2.27. The molecule has 0 unspecified atom stereocenters. The van der Waals surface area contributed by atoms with Gasteiger partial charge in [-0.3, -0.25) is 0 Å². The number of hydrogen-bond acceptors (Lipinski definition) is 6. The van der Waals surface area contributed by atoms with Crippen molar-refractivity contribution in [3.8, 4) is 0 Å². The predicted octanol–water partition coefficient (Wildman–Crippen LogP) is -0.178. The van der Waals surface area contributed by atoms with Crippen LogP contribution < -0.4 is 0 Å². The molecular weight excluding hydrogens is 204 g/mol. The third-order valence-corrected chi connectivity index (χ3v) is 1.20. The normalized spacial score (nSPS) is 9.73. The Balaban J connectivity index is 3.83. The van der Waals surface area contributed by atoms with Gasteiger partial charge in [0, 0.05) is 12.2 Å². The maximum Gasteiger partial charge on any atom is 0.344 e. The highest BCUT2D eigenvalue weighted by atomic mass is 16.6. The first kappa shape index (κ1) is 13.2. The van der Waals surface area contributed by atoms with Crippen LogP contribution in [0.15, 0.2) is 12.2 Å². The number of methoxy groups -OCH3 is 1. The Bertz CT molecular complexity index is 268. The molecule has 0 fully saturated rings. The van der Waals surface area contributed by atoms with Crippen molar-refractivity contribution in [2.45, 2.75) is 6.92 Å². The molecule has 84 valence electrons. The van der Waals surface area contributed by atoms with Crippen molar-refractivity contribution < 1.29 is 28.6 Å². The van der Waals surface area contributed by atoms with Gasteiger partial charge >= 0.3 is 17.9 Å². The zero-order chi connectivity index (χ0) is 11.7. The van der Waals surface area contributed by atoms with E-state index in [0.717, 1.165) is 12.2 Å². The highest BCUT2D eigenvalue weighted by Crippen LogP contribution is 1.86. The van der Waals surface area contributed by atoms with Crippen molar-refractivity contribution in [3.63, 3.8) is 0 Å². The Hall–Kier alpha value is -1.85. The van der Waals surface area contributed by atoms with Gasteiger partial charge in [-0.1, -0.05) is 0 Å². The van der Waals surface area contributed by atoms with Crippen LogP contribution >= 0.6 is 0 Å². The summed E-state index contributed by atoms with van der Waals surface area (Å²) in [5.74, 6) is -2.13. The lowest BCUT2D eigenvalue weighted by Crippen LogP contribution is -2.13. The minimum Gasteiger partial charge on any atom is -0.466 e. The second kappa shape index (κ2) is 7.54. The maximum absolute atomic E-state index is 10.8. The van der Waals surface area contributed by atoms with E-state index in [9.17, 15) is 14.4 Å². The van der Waals surface area contributed by atoms with Crippen molar-refractivity contribution in [3.05, 3.63) is 12.2 Å². The molecule has 0 atom stereocenters. The Morgan fingerprint density at radius 2 is 1.60 bits per heavy atom. The lowest BCUT2D eigenvalue weighted by molar-refractivity contribution is -0.154. The van der Waals surface area contributed by atoms with Crippen LogP contribution in [0.25, 0.3) is 0 Å². The van der Waals surface area contributed by atoms with Crippen LogP contribution in [0.4, 0.5) is 0 Å². The monoisotopic (exact) mass is 216 g/mol. The number of ether oxygens (including phenoxy) is 3. The van der Waals surface area contributed by atoms with Crippen LogP contribution in [0.3, 0.4) is 0 Å². The molecule has 0 spiro atoms. The molecule has 0 aliphatic rings. The molecule has 0 heterocycles. The lowest BCUT2D eigenvalue weighted by Gasteiger charge is -1.99. The summed E-state index contributed by atoms with van der Waals surface area (Å²) in [6.45, 7) is 1.38. The zero-order valence-corrected chi connectivity index (χ0v) is 8.52. The predicted molar refractivity (Wildman–Crippen MR) is 48.7 cm³/mol. The van der Waals surface area contributed by atoms with Crippen LogP contribution in [0, 0.1) is 0 Å². The third-order valence-electron chi connectivity index (χ3n) is 1.20. The molecule has 0 N–H and O–H groups in total. The van der Waals surface area contributed by atoms with Gasteiger partial charge in [0.25, 0.3) is 0 Å². The van der Waals surface area contributed by atoms with Gasteiger partial charge in [-0.15, -0.1) is 0 Å². The highest BCUT2D eigenvalue weighted by Gasteiger charge is 2.04. The van der Waals surface area contributed by atoms with E-state index in [-0.39, 0.29) is 6.61 Å². The largest absolute Gasteiger partial charge is 0.466 e. The lowest BCUT2D eigenvalue weighted by atomic mass is 10.5. The molecule has 0 rings (SSSR count). The minimum atomic E-state index is -0.812. The fourth-order valence-corrected chi connectivity index (χ4v) is 0.564. The van der Waals surface area contributed by atoms with E-state index in [0.29, 0.717) is 0 Å². The maximum atomic E-state index is 10.8. The van der Waals surface area contributed by atoms with Crippen molar-refractivity contribution in [2.75, 3.05) is 20.3 Å². The van der Waals surface area contributed by atoms with E-state index < -0.39 is 24.5 Å². The quantitative estimate of drug-likeness (QED) is 0.360. The van der Waals surface area contributed by atoms with Crippen molar-refractivity contribution in [2.24, 2.45) is 0 Å². The Morgan fingerprint density at radius 3 is 2.07 bits per heavy atom. The first-order valence-electron chi connectivity index (χ1n) is 4.18. The molecule has 6 nitrogen and oxygen atoms in total. The fourth-order valence-electron chi connectivity index (χ4n) is 0.564. The average molecular weight is 216 g/mol. The molecular formula is C9H12O6. The first-order chi connectivity index (χ1) is 7.10. The van der Waals surface area contributed by atoms with Crippen LogP contribution in [-0.4, -0.2) is 38.2 Å². The van der Waals surface area contributed by atoms with E-state index in [1.807, 2.05) is 0 Å². The van der Waals surface area contributed by atoms with E-state index in [2.05, 4.69) is 14.2 Å². The molecule has 0 aromatic heterocycles. The Morgan fingerprint density at radius 1 is 1.07 bits per heavy atom. The summed E-state index contributed by atoms with van der Waals surface area (Å²) in [5.41, 5.74) is 0. The summed E-state index contributed by atoms with van der Waals surface area (Å²) in [4.78, 5) is 32.1. The first-order valence-corrected chi connectivity index (χ1v) is 4.18. The summed E-state index contributed by atoms with van der Waals surface area (Å²) in [7, 11) is 1.17. The summed E-state index contributed by atoms with van der Waals surface area (Å²) in [6, 6.07) is 0. The van der Waals surface area contributed by atoms with Crippen molar-refractivity contribution in [1.29, 1.82) is 0 Å². The number of hydrogen-bond donors (Lipinski definition) is 0. The highest BCUT2D eigenvalue weighted by molar-refractivity contribution is 5.92. The molecule has 0 aromatic rings. The van der Waals surface area contributed by atoms with Gasteiger partial charge in [-0.05, 0) is 6.92 Å². The smallest absolute Gasteiger partial charge is 0.344 e. The van der Waals surface area contributed by atoms with E-state index in [4.69, 9.17) is 0 Å². The SMILES string of the molecule is CCOC(=O)/C=C\C(=O)OCC(=O)OC. The molecule has 0 aliphatic heterocycles. The van der Waals surface area contributed by atoms with Crippen LogP contribution in [0.1, 0.15) is 6.92 Å². The second-order valence-corrected chi connectivity index (χ2v) is 2.27. The van der Waals surface area contributed by atoms with E-state index in [1.54, 1.807) is 6.92 Å². The van der Waals surface area contributed by atoms with Gasteiger partial charge in [0.15, 0.2) is 6.61 Å². The summed E-state index contributed by atoms with van der Waals surface area (Å²) >= 11 is 0. The Labute approximate surface area is 86.8 Å².